The van der Waals surface area contributed by atoms with Crippen molar-refractivity contribution in [3.63, 3.8) is 0 Å². The molecule has 0 radical (unpaired) electrons. The number of hydrogen-bond acceptors (Lipinski definition) is 6. The van der Waals surface area contributed by atoms with Gasteiger partial charge >= 0.3 is 0 Å². The number of ketones is 1. The first-order chi connectivity index (χ1) is 17.3. The Bertz CT molecular complexity index is 926. The molecule has 3 saturated heterocycles. The molecule has 4 rings (SSSR count). The third-order valence-corrected chi connectivity index (χ3v) is 7.81. The fourth-order valence-electron chi connectivity index (χ4n) is 5.89. The lowest BCUT2D eigenvalue weighted by molar-refractivity contribution is -0.138. The van der Waals surface area contributed by atoms with Crippen LogP contribution in [0.5, 0.6) is 0 Å². The van der Waals surface area contributed by atoms with Gasteiger partial charge in [-0.25, -0.2) is 0 Å². The van der Waals surface area contributed by atoms with Gasteiger partial charge in [-0.2, -0.15) is 0 Å². The molecule has 0 saturated carbocycles. The highest BCUT2D eigenvalue weighted by atomic mass is 16.5. The molecule has 0 unspecified atom stereocenters. The van der Waals surface area contributed by atoms with Gasteiger partial charge in [-0.05, 0) is 74.8 Å². The summed E-state index contributed by atoms with van der Waals surface area (Å²) in [4.78, 5) is 43.3. The van der Waals surface area contributed by atoms with Gasteiger partial charge in [0.1, 0.15) is 30.9 Å². The number of piperidine rings is 1. The number of likely N-dealkylation sites (tertiary alicyclic amines) is 2. The molecule has 1 N–H and O–H groups in total. The molecule has 3 fully saturated rings. The lowest BCUT2D eigenvalue weighted by Gasteiger charge is -2.32. The number of hydrogen-bond donors (Lipinski definition) is 1. The monoisotopic (exact) mass is 499 g/mol. The van der Waals surface area contributed by atoms with E-state index in [-0.39, 0.29) is 42.8 Å². The number of rotatable bonds is 9. The van der Waals surface area contributed by atoms with Crippen LogP contribution in [0.2, 0.25) is 0 Å². The Labute approximate surface area is 214 Å². The minimum absolute atomic E-state index is 0.00976. The predicted octanol–water partition coefficient (Wildman–Crippen LogP) is 2.61. The number of amides is 2. The number of nitrogens with zero attached hydrogens (tertiary/aromatic N) is 2. The second-order valence-corrected chi connectivity index (χ2v) is 10.8. The van der Waals surface area contributed by atoms with Crippen molar-refractivity contribution < 1.29 is 23.9 Å². The number of fused-ring (bicyclic) bond motifs is 1. The number of carbonyl (C=O) groups excluding carboxylic acids is 3. The smallest absolute Gasteiger partial charge is 0.251 e. The topological polar surface area (TPSA) is 88.2 Å². The fourth-order valence-corrected chi connectivity index (χ4v) is 5.89. The molecule has 2 amide bonds. The van der Waals surface area contributed by atoms with E-state index < -0.39 is 18.2 Å². The minimum Gasteiger partial charge on any atom is -0.377 e. The maximum Gasteiger partial charge on any atom is 0.251 e. The molecular formula is C28H41N3O5. The second kappa shape index (κ2) is 11.8. The van der Waals surface area contributed by atoms with E-state index >= 15 is 0 Å². The van der Waals surface area contributed by atoms with E-state index in [1.165, 1.54) is 12.0 Å². The van der Waals surface area contributed by atoms with Gasteiger partial charge in [-0.1, -0.05) is 32.9 Å². The third-order valence-electron chi connectivity index (χ3n) is 7.81. The van der Waals surface area contributed by atoms with Gasteiger partial charge in [0.2, 0.25) is 5.91 Å². The summed E-state index contributed by atoms with van der Waals surface area (Å²) in [5.41, 5.74) is 1.81. The second-order valence-electron chi connectivity index (χ2n) is 10.8. The van der Waals surface area contributed by atoms with Gasteiger partial charge in [0.05, 0.1) is 6.54 Å². The van der Waals surface area contributed by atoms with Crippen molar-refractivity contribution >= 4 is 17.6 Å². The highest BCUT2D eigenvalue weighted by molar-refractivity contribution is 5.99. The van der Waals surface area contributed by atoms with E-state index in [0.717, 1.165) is 32.5 Å². The average molecular weight is 500 g/mol. The predicted molar refractivity (Wildman–Crippen MR) is 137 cm³/mol. The molecule has 198 valence electrons. The van der Waals surface area contributed by atoms with E-state index in [2.05, 4.69) is 29.3 Å². The van der Waals surface area contributed by atoms with Crippen molar-refractivity contribution in [3.8, 4) is 0 Å². The van der Waals surface area contributed by atoms with E-state index in [1.807, 2.05) is 26.0 Å². The normalized spacial score (nSPS) is 25.9. The fraction of sp³-hybridized carbons (Fsp3) is 0.679. The van der Waals surface area contributed by atoms with Crippen LogP contribution in [0.3, 0.4) is 0 Å². The van der Waals surface area contributed by atoms with Crippen molar-refractivity contribution in [3.05, 3.63) is 35.4 Å². The Kier molecular flexibility index (Phi) is 8.80. The Hall–Kier alpha value is -2.29. The van der Waals surface area contributed by atoms with Crippen LogP contribution in [0.15, 0.2) is 24.3 Å². The molecule has 3 aliphatic rings. The van der Waals surface area contributed by atoms with Crippen LogP contribution in [0, 0.1) is 5.92 Å². The Balaban J connectivity index is 1.41. The highest BCUT2D eigenvalue weighted by Crippen LogP contribution is 2.31. The zero-order valence-electron chi connectivity index (χ0n) is 22.1. The summed E-state index contributed by atoms with van der Waals surface area (Å²) < 4.78 is 11.1. The van der Waals surface area contributed by atoms with Gasteiger partial charge in [-0.15, -0.1) is 0 Å². The van der Waals surface area contributed by atoms with Gasteiger partial charge in [-0.3, -0.25) is 14.4 Å². The highest BCUT2D eigenvalue weighted by Gasteiger charge is 2.53. The molecule has 4 atom stereocenters. The first kappa shape index (κ1) is 26.8. The Morgan fingerprint density at radius 1 is 1.17 bits per heavy atom. The number of nitrogens with one attached hydrogen (secondary N) is 1. The van der Waals surface area contributed by atoms with Crippen LogP contribution >= 0.6 is 0 Å². The summed E-state index contributed by atoms with van der Waals surface area (Å²) in [7, 11) is 1.56. The molecule has 8 nitrogen and oxygen atoms in total. The van der Waals surface area contributed by atoms with E-state index in [9.17, 15) is 14.4 Å². The Morgan fingerprint density at radius 3 is 2.47 bits per heavy atom. The van der Waals surface area contributed by atoms with Crippen molar-refractivity contribution in [1.82, 2.24) is 15.1 Å². The summed E-state index contributed by atoms with van der Waals surface area (Å²) in [6.45, 7) is 9.93. The maximum absolute atomic E-state index is 13.6. The van der Waals surface area contributed by atoms with E-state index in [4.69, 9.17) is 9.47 Å². The number of ether oxygens (including phenoxy) is 2. The van der Waals surface area contributed by atoms with Crippen LogP contribution in [0.1, 0.15) is 68.3 Å². The molecule has 0 bridgehead atoms. The quantitative estimate of drug-likeness (QED) is 0.562. The molecule has 0 spiro atoms. The summed E-state index contributed by atoms with van der Waals surface area (Å²) in [6, 6.07) is 6.47. The lowest BCUT2D eigenvalue weighted by Crippen LogP contribution is -2.52. The number of carbonyl (C=O) groups is 3. The minimum atomic E-state index is -0.718. The summed E-state index contributed by atoms with van der Waals surface area (Å²) in [5.74, 6) is 0.0757. The first-order valence-corrected chi connectivity index (χ1v) is 13.4. The zero-order chi connectivity index (χ0) is 25.8. The van der Waals surface area contributed by atoms with Crippen molar-refractivity contribution in [2.75, 3.05) is 39.9 Å². The van der Waals surface area contributed by atoms with Crippen molar-refractivity contribution in [2.45, 2.75) is 76.7 Å². The third kappa shape index (κ3) is 5.82. The maximum atomic E-state index is 13.6. The molecule has 1 aromatic rings. The van der Waals surface area contributed by atoms with Crippen molar-refractivity contribution in [2.24, 2.45) is 5.92 Å². The van der Waals surface area contributed by atoms with Gasteiger partial charge < -0.3 is 24.6 Å². The lowest BCUT2D eigenvalue weighted by atomic mass is 9.89. The largest absolute Gasteiger partial charge is 0.377 e. The summed E-state index contributed by atoms with van der Waals surface area (Å²) in [6.07, 6.45) is 3.16. The van der Waals surface area contributed by atoms with Crippen LogP contribution in [0.4, 0.5) is 0 Å². The number of methoxy groups -OCH3 is 1. The van der Waals surface area contributed by atoms with Gasteiger partial charge in [0, 0.05) is 12.7 Å². The molecule has 0 aliphatic carbocycles. The van der Waals surface area contributed by atoms with Crippen LogP contribution in [-0.2, 0) is 19.1 Å². The zero-order valence-corrected chi connectivity index (χ0v) is 22.1. The summed E-state index contributed by atoms with van der Waals surface area (Å²) in [5, 5.41) is 2.96. The molecular weight excluding hydrogens is 458 g/mol. The molecule has 8 heteroatoms. The summed E-state index contributed by atoms with van der Waals surface area (Å²) >= 11 is 0. The van der Waals surface area contributed by atoms with E-state index in [0.29, 0.717) is 17.9 Å². The van der Waals surface area contributed by atoms with Gasteiger partial charge in [0.15, 0.2) is 5.78 Å². The number of Topliss-reactive ketones (excluding diaryl/α,β-unsaturated/α-hetero) is 1. The molecule has 3 heterocycles. The van der Waals surface area contributed by atoms with E-state index in [1.54, 1.807) is 12.0 Å². The van der Waals surface area contributed by atoms with Crippen LogP contribution in [-0.4, -0.2) is 91.6 Å². The molecule has 1 aromatic carbocycles. The van der Waals surface area contributed by atoms with Crippen molar-refractivity contribution in [1.29, 1.82) is 0 Å². The molecule has 36 heavy (non-hydrogen) atoms. The van der Waals surface area contributed by atoms with Gasteiger partial charge in [0.25, 0.3) is 5.91 Å². The van der Waals surface area contributed by atoms with Crippen LogP contribution in [0.25, 0.3) is 0 Å². The SMILES string of the molecule is CCCN1CCC(c2ccc(C(=O)N[C@@H](CC(C)C)C(=O)N3C[C@@H](OC)[C@H]4OCC(=O)[C@H]43)cc2)CC1. The standard InChI is InChI=1S/C28H41N3O5/c1-5-12-30-13-10-20(11-14-30)19-6-8-21(9-7-19)27(33)29-22(15-18(2)3)28(34)31-16-24(35-4)26-25(31)23(32)17-36-26/h6-9,18,20,22,24-26H,5,10-17H2,1-4H3,(H,29,33)/t22-,24+,25+,26+/m0/s1. The number of benzene rings is 1. The molecule has 0 aromatic heterocycles. The Morgan fingerprint density at radius 2 is 1.86 bits per heavy atom. The average Bonchev–Trinajstić information content (AvgIpc) is 3.44. The first-order valence-electron chi connectivity index (χ1n) is 13.4. The molecule has 3 aliphatic heterocycles. The van der Waals surface area contributed by atoms with Crippen LogP contribution < -0.4 is 5.32 Å².